The molecular formula is C21H18F4N4O2S. The van der Waals surface area contributed by atoms with E-state index in [0.717, 1.165) is 29.6 Å². The van der Waals surface area contributed by atoms with E-state index in [0.29, 0.717) is 12.1 Å². The summed E-state index contributed by atoms with van der Waals surface area (Å²) in [4.78, 5) is 12.2. The molecule has 1 amide bonds. The molecule has 1 aromatic heterocycles. The number of amides is 1. The number of halogens is 4. The fourth-order valence-electron chi connectivity index (χ4n) is 3.06. The summed E-state index contributed by atoms with van der Waals surface area (Å²) in [5.41, 5.74) is 2.97. The van der Waals surface area contributed by atoms with E-state index < -0.39 is 40.5 Å². The highest BCUT2D eigenvalue weighted by Crippen LogP contribution is 2.29. The second-order valence-corrected chi connectivity index (χ2v) is 7.27. The SMILES string of the molecule is COc1c(F)c(F)c(C(=O)NC(=S)Nc2ccc(Cc3c(C)n[nH]c3C)cc2)c(F)c1F. The van der Waals surface area contributed by atoms with Crippen molar-refractivity contribution in [3.63, 3.8) is 0 Å². The van der Waals surface area contributed by atoms with E-state index in [-0.39, 0.29) is 5.11 Å². The van der Waals surface area contributed by atoms with Gasteiger partial charge in [0.25, 0.3) is 5.91 Å². The van der Waals surface area contributed by atoms with Gasteiger partial charge >= 0.3 is 0 Å². The molecule has 0 aliphatic rings. The van der Waals surface area contributed by atoms with Crippen LogP contribution in [-0.2, 0) is 6.42 Å². The first-order valence-corrected chi connectivity index (χ1v) is 9.66. The van der Waals surface area contributed by atoms with Crippen molar-refractivity contribution < 1.29 is 27.1 Å². The van der Waals surface area contributed by atoms with E-state index in [4.69, 9.17) is 12.2 Å². The molecule has 0 fully saturated rings. The van der Waals surface area contributed by atoms with Gasteiger partial charge in [0.05, 0.1) is 12.8 Å². The number of aromatic amines is 1. The molecule has 0 saturated carbocycles. The lowest BCUT2D eigenvalue weighted by atomic mass is 10.0. The summed E-state index contributed by atoms with van der Waals surface area (Å²) in [5, 5.41) is 11.4. The van der Waals surface area contributed by atoms with Crippen LogP contribution in [0.4, 0.5) is 23.2 Å². The molecule has 0 atom stereocenters. The number of H-pyrrole nitrogens is 1. The molecule has 6 nitrogen and oxygen atoms in total. The van der Waals surface area contributed by atoms with E-state index in [1.54, 1.807) is 12.1 Å². The number of thiocarbonyl (C=S) groups is 1. The molecule has 168 valence electrons. The molecular weight excluding hydrogens is 448 g/mol. The third kappa shape index (κ3) is 4.57. The third-order valence-corrected chi connectivity index (χ3v) is 4.96. The number of aromatic nitrogens is 2. The lowest BCUT2D eigenvalue weighted by Gasteiger charge is -2.13. The molecule has 32 heavy (non-hydrogen) atoms. The number of ether oxygens (including phenoxy) is 1. The van der Waals surface area contributed by atoms with Crippen molar-refractivity contribution in [2.24, 2.45) is 0 Å². The zero-order chi connectivity index (χ0) is 23.6. The number of benzene rings is 2. The Labute approximate surface area is 186 Å². The quantitative estimate of drug-likeness (QED) is 0.297. The summed E-state index contributed by atoms with van der Waals surface area (Å²) in [6, 6.07) is 7.03. The minimum absolute atomic E-state index is 0.320. The average Bonchev–Trinajstić information content (AvgIpc) is 3.06. The zero-order valence-corrected chi connectivity index (χ0v) is 18.0. The number of aryl methyl sites for hydroxylation is 2. The number of anilines is 1. The van der Waals surface area contributed by atoms with Gasteiger partial charge in [-0.15, -0.1) is 0 Å². The minimum Gasteiger partial charge on any atom is -0.491 e. The van der Waals surface area contributed by atoms with Crippen molar-refractivity contribution in [2.45, 2.75) is 20.3 Å². The molecule has 0 aliphatic heterocycles. The van der Waals surface area contributed by atoms with Gasteiger partial charge in [0.1, 0.15) is 5.56 Å². The van der Waals surface area contributed by atoms with Crippen molar-refractivity contribution in [3.05, 3.63) is 75.6 Å². The van der Waals surface area contributed by atoms with E-state index >= 15 is 0 Å². The summed E-state index contributed by atoms with van der Waals surface area (Å²) in [7, 11) is 0.835. The van der Waals surface area contributed by atoms with Crippen LogP contribution in [0.15, 0.2) is 24.3 Å². The molecule has 11 heteroatoms. The third-order valence-electron chi connectivity index (χ3n) is 4.75. The highest BCUT2D eigenvalue weighted by atomic mass is 32.1. The predicted molar refractivity (Wildman–Crippen MR) is 114 cm³/mol. The molecule has 2 aromatic carbocycles. The summed E-state index contributed by atoms with van der Waals surface area (Å²) in [6.45, 7) is 3.83. The van der Waals surface area contributed by atoms with Gasteiger partial charge in [-0.05, 0) is 43.8 Å². The van der Waals surface area contributed by atoms with Crippen LogP contribution in [0.25, 0.3) is 0 Å². The van der Waals surface area contributed by atoms with Gasteiger partial charge in [0, 0.05) is 23.4 Å². The molecule has 0 radical (unpaired) electrons. The number of nitrogens with one attached hydrogen (secondary N) is 3. The fourth-order valence-corrected chi connectivity index (χ4v) is 3.27. The Kier molecular flexibility index (Phi) is 6.78. The molecule has 0 saturated heterocycles. The average molecular weight is 466 g/mol. The Morgan fingerprint density at radius 3 is 2.16 bits per heavy atom. The summed E-state index contributed by atoms with van der Waals surface area (Å²) < 4.78 is 60.1. The van der Waals surface area contributed by atoms with Crippen molar-refractivity contribution >= 4 is 28.9 Å². The number of methoxy groups -OCH3 is 1. The molecule has 0 spiro atoms. The van der Waals surface area contributed by atoms with Crippen LogP contribution in [0.1, 0.15) is 32.9 Å². The molecule has 0 aliphatic carbocycles. The highest BCUT2D eigenvalue weighted by molar-refractivity contribution is 7.80. The molecule has 3 aromatic rings. The van der Waals surface area contributed by atoms with E-state index in [9.17, 15) is 22.4 Å². The molecule has 3 rings (SSSR count). The number of carbonyl (C=O) groups excluding carboxylic acids is 1. The van der Waals surface area contributed by atoms with Crippen LogP contribution in [0.2, 0.25) is 0 Å². The molecule has 3 N–H and O–H groups in total. The van der Waals surface area contributed by atoms with Gasteiger partial charge in [0.2, 0.25) is 11.6 Å². The first-order valence-electron chi connectivity index (χ1n) is 9.25. The van der Waals surface area contributed by atoms with Crippen LogP contribution >= 0.6 is 12.2 Å². The zero-order valence-electron chi connectivity index (χ0n) is 17.2. The Bertz CT molecular complexity index is 1150. The van der Waals surface area contributed by atoms with Crippen LogP contribution in [0.5, 0.6) is 5.75 Å². The summed E-state index contributed by atoms with van der Waals surface area (Å²) in [5.74, 6) is -10.2. The van der Waals surface area contributed by atoms with Crippen LogP contribution in [0, 0.1) is 37.1 Å². The van der Waals surface area contributed by atoms with E-state index in [1.807, 2.05) is 31.3 Å². The van der Waals surface area contributed by atoms with Crippen LogP contribution in [-0.4, -0.2) is 28.3 Å². The Balaban J connectivity index is 1.69. The standard InChI is InChI=1S/C21H18F4N4O2S/c1-9-13(10(2)29-28-9)8-11-4-6-12(7-5-11)26-21(32)27-20(30)14-15(22)17(24)19(31-3)18(25)16(14)23/h4-7H,8H2,1-3H3,(H,28,29)(H2,26,27,30,32). The van der Waals surface area contributed by atoms with Gasteiger partial charge in [-0.3, -0.25) is 15.2 Å². The molecule has 1 heterocycles. The van der Waals surface area contributed by atoms with Crippen molar-refractivity contribution in [1.82, 2.24) is 15.5 Å². The van der Waals surface area contributed by atoms with Crippen LogP contribution in [0.3, 0.4) is 0 Å². The van der Waals surface area contributed by atoms with Gasteiger partial charge < -0.3 is 10.1 Å². The first kappa shape index (κ1) is 23.2. The van der Waals surface area contributed by atoms with E-state index in [2.05, 4.69) is 20.3 Å². The molecule has 0 unspecified atom stereocenters. The number of hydrogen-bond donors (Lipinski definition) is 3. The monoisotopic (exact) mass is 466 g/mol. The van der Waals surface area contributed by atoms with Gasteiger partial charge in [0.15, 0.2) is 22.5 Å². The Morgan fingerprint density at radius 2 is 1.66 bits per heavy atom. The maximum absolute atomic E-state index is 14.1. The van der Waals surface area contributed by atoms with Crippen molar-refractivity contribution in [1.29, 1.82) is 0 Å². The van der Waals surface area contributed by atoms with Gasteiger partial charge in [-0.25, -0.2) is 8.78 Å². The Hall–Kier alpha value is -3.47. The number of nitrogens with zero attached hydrogens (tertiary/aromatic N) is 1. The first-order chi connectivity index (χ1) is 15.1. The number of hydrogen-bond acceptors (Lipinski definition) is 4. The largest absolute Gasteiger partial charge is 0.491 e. The smallest absolute Gasteiger partial charge is 0.263 e. The topological polar surface area (TPSA) is 79.0 Å². The second-order valence-electron chi connectivity index (χ2n) is 6.86. The lowest BCUT2D eigenvalue weighted by Crippen LogP contribution is -2.35. The lowest BCUT2D eigenvalue weighted by molar-refractivity contribution is 0.0966. The van der Waals surface area contributed by atoms with E-state index in [1.165, 1.54) is 0 Å². The fraction of sp³-hybridized carbons (Fsp3) is 0.190. The van der Waals surface area contributed by atoms with Crippen molar-refractivity contribution in [3.8, 4) is 5.75 Å². The summed E-state index contributed by atoms with van der Waals surface area (Å²) >= 11 is 4.96. The number of rotatable bonds is 5. The van der Waals surface area contributed by atoms with Crippen LogP contribution < -0.4 is 15.4 Å². The summed E-state index contributed by atoms with van der Waals surface area (Å²) in [6.07, 6.45) is 0.656. The van der Waals surface area contributed by atoms with Gasteiger partial charge in [-0.1, -0.05) is 12.1 Å². The van der Waals surface area contributed by atoms with Crippen molar-refractivity contribution in [2.75, 3.05) is 12.4 Å². The number of carbonyl (C=O) groups is 1. The molecule has 0 bridgehead atoms. The second kappa shape index (κ2) is 9.35. The Morgan fingerprint density at radius 1 is 1.06 bits per heavy atom. The highest BCUT2D eigenvalue weighted by Gasteiger charge is 2.30. The maximum Gasteiger partial charge on any atom is 0.263 e. The predicted octanol–water partition coefficient (Wildman–Crippen LogP) is 4.31. The normalized spacial score (nSPS) is 10.7. The minimum atomic E-state index is -1.89. The van der Waals surface area contributed by atoms with Gasteiger partial charge in [-0.2, -0.15) is 13.9 Å². The maximum atomic E-state index is 14.1.